The molecule has 0 aliphatic carbocycles. The van der Waals surface area contributed by atoms with E-state index in [2.05, 4.69) is 4.98 Å². The number of aryl methyl sites for hydroxylation is 1. The van der Waals surface area contributed by atoms with Crippen LogP contribution in [0.1, 0.15) is 11.1 Å². The van der Waals surface area contributed by atoms with E-state index in [-0.39, 0.29) is 5.75 Å². The van der Waals surface area contributed by atoms with Crippen molar-refractivity contribution < 1.29 is 17.9 Å². The Morgan fingerprint density at radius 2 is 1.82 bits per heavy atom. The van der Waals surface area contributed by atoms with Gasteiger partial charge >= 0.3 is 6.18 Å². The van der Waals surface area contributed by atoms with E-state index >= 15 is 0 Å². The van der Waals surface area contributed by atoms with Gasteiger partial charge in [0.25, 0.3) is 0 Å². The van der Waals surface area contributed by atoms with Crippen molar-refractivity contribution in [2.45, 2.75) is 13.1 Å². The number of hydrogen-bond donors (Lipinski definition) is 0. The van der Waals surface area contributed by atoms with Gasteiger partial charge < -0.3 is 4.74 Å². The molecule has 112 valence electrons. The van der Waals surface area contributed by atoms with E-state index in [4.69, 9.17) is 4.74 Å². The number of halogens is 3. The molecule has 0 saturated carbocycles. The number of ether oxygens (including phenoxy) is 1. The van der Waals surface area contributed by atoms with Crippen LogP contribution in [-0.2, 0) is 6.18 Å². The number of alkyl halides is 3. The van der Waals surface area contributed by atoms with E-state index in [9.17, 15) is 13.2 Å². The first-order valence-electron chi connectivity index (χ1n) is 6.64. The summed E-state index contributed by atoms with van der Waals surface area (Å²) in [5, 5.41) is 0.764. The van der Waals surface area contributed by atoms with Crippen LogP contribution >= 0.6 is 0 Å². The van der Waals surface area contributed by atoms with Crippen LogP contribution in [0.4, 0.5) is 13.2 Å². The first-order valence-corrected chi connectivity index (χ1v) is 6.64. The summed E-state index contributed by atoms with van der Waals surface area (Å²) in [6.45, 7) is 1.92. The van der Waals surface area contributed by atoms with E-state index < -0.39 is 11.7 Å². The molecule has 0 aliphatic heterocycles. The lowest BCUT2D eigenvalue weighted by atomic mass is 10.1. The topological polar surface area (TPSA) is 22.1 Å². The maximum Gasteiger partial charge on any atom is 0.416 e. The number of benzene rings is 2. The van der Waals surface area contributed by atoms with Gasteiger partial charge in [0.15, 0.2) is 0 Å². The van der Waals surface area contributed by atoms with Gasteiger partial charge in [0.1, 0.15) is 11.5 Å². The summed E-state index contributed by atoms with van der Waals surface area (Å²) in [4.78, 5) is 4.28. The molecule has 2 nitrogen and oxygen atoms in total. The zero-order valence-electron chi connectivity index (χ0n) is 11.7. The number of fused-ring (bicyclic) bond motifs is 1. The minimum atomic E-state index is -4.39. The van der Waals surface area contributed by atoms with Crippen LogP contribution in [0.15, 0.2) is 54.7 Å². The van der Waals surface area contributed by atoms with Crippen molar-refractivity contribution in [1.29, 1.82) is 0 Å². The molecule has 0 fully saturated rings. The Bertz CT molecular complexity index is 827. The smallest absolute Gasteiger partial charge is 0.416 e. The van der Waals surface area contributed by atoms with Crippen LogP contribution in [0.25, 0.3) is 10.9 Å². The average Bonchev–Trinajstić information content (AvgIpc) is 2.50. The largest absolute Gasteiger partial charge is 0.457 e. The molecule has 0 bridgehead atoms. The fraction of sp³-hybridized carbons (Fsp3) is 0.118. The molecule has 0 atom stereocenters. The van der Waals surface area contributed by atoms with Crippen LogP contribution in [0, 0.1) is 6.92 Å². The molecule has 0 spiro atoms. The highest BCUT2D eigenvalue weighted by Crippen LogP contribution is 2.34. The van der Waals surface area contributed by atoms with E-state index in [1.807, 2.05) is 19.1 Å². The van der Waals surface area contributed by atoms with Gasteiger partial charge in [-0.25, -0.2) is 0 Å². The minimum absolute atomic E-state index is 0.142. The third-order valence-electron chi connectivity index (χ3n) is 3.32. The van der Waals surface area contributed by atoms with Crippen molar-refractivity contribution in [2.75, 3.05) is 0 Å². The van der Waals surface area contributed by atoms with Gasteiger partial charge in [0.2, 0.25) is 0 Å². The first-order chi connectivity index (χ1) is 10.4. The van der Waals surface area contributed by atoms with Crippen LogP contribution in [-0.4, -0.2) is 4.98 Å². The molecule has 0 aliphatic rings. The van der Waals surface area contributed by atoms with Crippen molar-refractivity contribution >= 4 is 10.9 Å². The molecule has 3 aromatic rings. The number of nitrogens with zero attached hydrogens (tertiary/aromatic N) is 1. The van der Waals surface area contributed by atoms with Crippen molar-refractivity contribution in [2.24, 2.45) is 0 Å². The van der Waals surface area contributed by atoms with Crippen molar-refractivity contribution in [3.05, 3.63) is 65.9 Å². The second-order valence-corrected chi connectivity index (χ2v) is 4.91. The van der Waals surface area contributed by atoms with Crippen LogP contribution in [0.2, 0.25) is 0 Å². The Labute approximate surface area is 125 Å². The molecular weight excluding hydrogens is 291 g/mol. The third kappa shape index (κ3) is 2.74. The zero-order valence-corrected chi connectivity index (χ0v) is 11.7. The fourth-order valence-electron chi connectivity index (χ4n) is 2.24. The van der Waals surface area contributed by atoms with E-state index in [1.54, 1.807) is 18.3 Å². The molecule has 22 heavy (non-hydrogen) atoms. The molecule has 2 aromatic carbocycles. The Kier molecular flexibility index (Phi) is 3.48. The lowest BCUT2D eigenvalue weighted by Crippen LogP contribution is -2.04. The standard InChI is InChI=1S/C17H12F3NO/c1-11-7-8-15(14-6-3-9-21-16(11)14)22-13-5-2-4-12(10-13)17(18,19)20/h2-10H,1H3. The lowest BCUT2D eigenvalue weighted by Gasteiger charge is -2.12. The second-order valence-electron chi connectivity index (χ2n) is 4.91. The summed E-state index contributed by atoms with van der Waals surface area (Å²) in [5.74, 6) is 0.622. The Morgan fingerprint density at radius 1 is 1.00 bits per heavy atom. The molecule has 5 heteroatoms. The molecular formula is C17H12F3NO. The van der Waals surface area contributed by atoms with Gasteiger partial charge in [-0.3, -0.25) is 4.98 Å². The van der Waals surface area contributed by atoms with Crippen molar-refractivity contribution in [3.8, 4) is 11.5 Å². The Hall–Kier alpha value is -2.56. The highest BCUT2D eigenvalue weighted by molar-refractivity contribution is 5.87. The number of aromatic nitrogens is 1. The number of hydrogen-bond acceptors (Lipinski definition) is 2. The van der Waals surface area contributed by atoms with Crippen molar-refractivity contribution in [3.63, 3.8) is 0 Å². The van der Waals surface area contributed by atoms with Gasteiger partial charge in [-0.05, 0) is 48.9 Å². The average molecular weight is 303 g/mol. The van der Waals surface area contributed by atoms with Gasteiger partial charge in [0.05, 0.1) is 11.1 Å². The van der Waals surface area contributed by atoms with Crippen LogP contribution < -0.4 is 4.74 Å². The van der Waals surface area contributed by atoms with E-state index in [0.717, 1.165) is 28.6 Å². The van der Waals surface area contributed by atoms with E-state index in [0.29, 0.717) is 5.75 Å². The monoisotopic (exact) mass is 303 g/mol. The molecule has 1 heterocycles. The molecule has 0 radical (unpaired) electrons. The van der Waals surface area contributed by atoms with Crippen molar-refractivity contribution in [1.82, 2.24) is 4.98 Å². The van der Waals surface area contributed by atoms with E-state index in [1.165, 1.54) is 12.1 Å². The Balaban J connectivity index is 2.03. The lowest BCUT2D eigenvalue weighted by molar-refractivity contribution is -0.137. The predicted octanol–water partition coefficient (Wildman–Crippen LogP) is 5.35. The molecule has 0 unspecified atom stereocenters. The third-order valence-corrected chi connectivity index (χ3v) is 3.32. The highest BCUT2D eigenvalue weighted by Gasteiger charge is 2.30. The van der Waals surface area contributed by atoms with Crippen LogP contribution in [0.5, 0.6) is 11.5 Å². The van der Waals surface area contributed by atoms with Gasteiger partial charge in [-0.15, -0.1) is 0 Å². The molecule has 0 N–H and O–H groups in total. The van der Waals surface area contributed by atoms with Gasteiger partial charge in [-0.1, -0.05) is 12.1 Å². The normalized spacial score (nSPS) is 11.6. The second kappa shape index (κ2) is 5.33. The van der Waals surface area contributed by atoms with Gasteiger partial charge in [-0.2, -0.15) is 13.2 Å². The quantitative estimate of drug-likeness (QED) is 0.636. The molecule has 0 saturated heterocycles. The highest BCUT2D eigenvalue weighted by atomic mass is 19.4. The fourth-order valence-corrected chi connectivity index (χ4v) is 2.24. The molecule has 0 amide bonds. The zero-order chi connectivity index (χ0) is 15.7. The Morgan fingerprint density at radius 3 is 2.59 bits per heavy atom. The summed E-state index contributed by atoms with van der Waals surface area (Å²) in [7, 11) is 0. The molecule has 3 rings (SSSR count). The van der Waals surface area contributed by atoms with Gasteiger partial charge in [0, 0.05) is 11.6 Å². The summed E-state index contributed by atoms with van der Waals surface area (Å²) in [6, 6.07) is 12.0. The minimum Gasteiger partial charge on any atom is -0.457 e. The summed E-state index contributed by atoms with van der Waals surface area (Å²) >= 11 is 0. The maximum absolute atomic E-state index is 12.7. The van der Waals surface area contributed by atoms with Crippen LogP contribution in [0.3, 0.4) is 0 Å². The number of rotatable bonds is 2. The summed E-state index contributed by atoms with van der Waals surface area (Å²) < 4.78 is 43.9. The predicted molar refractivity (Wildman–Crippen MR) is 78.0 cm³/mol. The summed E-state index contributed by atoms with van der Waals surface area (Å²) in [5.41, 5.74) is 1.01. The SMILES string of the molecule is Cc1ccc(Oc2cccc(C(F)(F)F)c2)c2cccnc12. The first kappa shape index (κ1) is 14.4. The number of pyridine rings is 1. The summed E-state index contributed by atoms with van der Waals surface area (Å²) in [6.07, 6.45) is -2.72. The maximum atomic E-state index is 12.7. The molecule has 1 aromatic heterocycles.